The van der Waals surface area contributed by atoms with Gasteiger partial charge in [-0.3, -0.25) is 0 Å². The molecule has 0 saturated heterocycles. The minimum absolute atomic E-state index is 0.132. The van der Waals surface area contributed by atoms with Gasteiger partial charge in [0.05, 0.1) is 13.2 Å². The molecule has 0 spiro atoms. The minimum atomic E-state index is 0.132. The van der Waals surface area contributed by atoms with Gasteiger partial charge in [0.2, 0.25) is 0 Å². The fourth-order valence-corrected chi connectivity index (χ4v) is 2.36. The Balaban J connectivity index is 2.02. The third-order valence-electron chi connectivity index (χ3n) is 3.66. The number of hydrogen-bond donors (Lipinski definition) is 1. The minimum Gasteiger partial charge on any atom is -0.493 e. The monoisotopic (exact) mass is 313 g/mol. The van der Waals surface area contributed by atoms with Gasteiger partial charge in [-0.15, -0.1) is 0 Å². The van der Waals surface area contributed by atoms with Crippen LogP contribution in [0.4, 0.5) is 5.69 Å². The van der Waals surface area contributed by atoms with Crippen molar-refractivity contribution in [2.45, 2.75) is 46.3 Å². The molecule has 0 radical (unpaired) electrons. The molecule has 124 valence electrons. The van der Waals surface area contributed by atoms with Crippen molar-refractivity contribution >= 4 is 5.69 Å². The molecule has 0 aliphatic carbocycles. The Bertz CT molecular complexity index is 618. The Kier molecular flexibility index (Phi) is 5.91. The largest absolute Gasteiger partial charge is 0.493 e. The topological polar surface area (TPSA) is 30.5 Å². The zero-order valence-corrected chi connectivity index (χ0v) is 14.7. The molecule has 0 atom stereocenters. The quantitative estimate of drug-likeness (QED) is 0.760. The van der Waals surface area contributed by atoms with E-state index in [2.05, 4.69) is 49.5 Å². The van der Waals surface area contributed by atoms with E-state index in [1.165, 1.54) is 5.56 Å². The number of methoxy groups -OCH3 is 1. The van der Waals surface area contributed by atoms with Gasteiger partial charge in [-0.2, -0.15) is 0 Å². The van der Waals surface area contributed by atoms with E-state index < -0.39 is 0 Å². The van der Waals surface area contributed by atoms with Crippen LogP contribution in [0, 0.1) is 0 Å². The Labute approximate surface area is 139 Å². The van der Waals surface area contributed by atoms with Gasteiger partial charge in [-0.1, -0.05) is 32.0 Å². The number of hydrogen-bond acceptors (Lipinski definition) is 3. The first kappa shape index (κ1) is 17.2. The summed E-state index contributed by atoms with van der Waals surface area (Å²) in [7, 11) is 1.67. The summed E-state index contributed by atoms with van der Waals surface area (Å²) in [4.78, 5) is 0. The van der Waals surface area contributed by atoms with E-state index in [-0.39, 0.29) is 6.10 Å². The Hall–Kier alpha value is -2.16. The van der Waals surface area contributed by atoms with Crippen LogP contribution in [0.3, 0.4) is 0 Å². The fraction of sp³-hybridized carbons (Fsp3) is 0.400. The van der Waals surface area contributed by atoms with E-state index in [1.807, 2.05) is 26.0 Å². The van der Waals surface area contributed by atoms with Crippen molar-refractivity contribution in [3.63, 3.8) is 0 Å². The summed E-state index contributed by atoms with van der Waals surface area (Å²) in [5, 5.41) is 3.44. The van der Waals surface area contributed by atoms with Crippen LogP contribution in [-0.4, -0.2) is 13.2 Å². The molecule has 2 rings (SSSR count). The van der Waals surface area contributed by atoms with Gasteiger partial charge in [0, 0.05) is 12.2 Å². The lowest BCUT2D eigenvalue weighted by Crippen LogP contribution is -2.07. The third kappa shape index (κ3) is 4.92. The average molecular weight is 313 g/mol. The molecule has 0 heterocycles. The molecule has 0 amide bonds. The molecule has 0 fully saturated rings. The highest BCUT2D eigenvalue weighted by molar-refractivity contribution is 5.48. The molecular weight excluding hydrogens is 286 g/mol. The predicted octanol–water partition coefficient (Wildman–Crippen LogP) is 5.22. The van der Waals surface area contributed by atoms with Crippen molar-refractivity contribution in [1.82, 2.24) is 0 Å². The maximum atomic E-state index is 5.74. The van der Waals surface area contributed by atoms with E-state index in [4.69, 9.17) is 9.47 Å². The second-order valence-corrected chi connectivity index (χ2v) is 6.28. The van der Waals surface area contributed by atoms with Crippen LogP contribution in [0.5, 0.6) is 11.5 Å². The lowest BCUT2D eigenvalue weighted by atomic mass is 10.0. The van der Waals surface area contributed by atoms with E-state index >= 15 is 0 Å². The summed E-state index contributed by atoms with van der Waals surface area (Å²) in [5.74, 6) is 2.11. The standard InChI is InChI=1S/C20H27NO2/c1-14(2)17-7-9-18(10-8-17)21-13-16-6-11-19(23-15(3)4)20(12-16)22-5/h6-12,14-15,21H,13H2,1-5H3. The highest BCUT2D eigenvalue weighted by Gasteiger charge is 2.07. The zero-order chi connectivity index (χ0) is 16.8. The molecule has 2 aromatic carbocycles. The fourth-order valence-electron chi connectivity index (χ4n) is 2.36. The van der Waals surface area contributed by atoms with Gasteiger partial charge in [0.1, 0.15) is 0 Å². The lowest BCUT2D eigenvalue weighted by Gasteiger charge is -2.15. The molecule has 3 nitrogen and oxygen atoms in total. The SMILES string of the molecule is COc1cc(CNc2ccc(C(C)C)cc2)ccc1OC(C)C. The summed E-state index contributed by atoms with van der Waals surface area (Å²) < 4.78 is 11.2. The zero-order valence-electron chi connectivity index (χ0n) is 14.7. The van der Waals surface area contributed by atoms with Crippen molar-refractivity contribution in [3.05, 3.63) is 53.6 Å². The summed E-state index contributed by atoms with van der Waals surface area (Å²) in [6, 6.07) is 14.7. The van der Waals surface area contributed by atoms with Crippen molar-refractivity contribution in [3.8, 4) is 11.5 Å². The second kappa shape index (κ2) is 7.91. The van der Waals surface area contributed by atoms with Gasteiger partial charge >= 0.3 is 0 Å². The molecule has 2 aromatic rings. The van der Waals surface area contributed by atoms with Crippen LogP contribution >= 0.6 is 0 Å². The molecule has 3 heteroatoms. The lowest BCUT2D eigenvalue weighted by molar-refractivity contribution is 0.230. The average Bonchev–Trinajstić information content (AvgIpc) is 2.53. The van der Waals surface area contributed by atoms with Gasteiger partial charge in [0.15, 0.2) is 11.5 Å². The molecule has 1 N–H and O–H groups in total. The highest BCUT2D eigenvalue weighted by Crippen LogP contribution is 2.29. The summed E-state index contributed by atoms with van der Waals surface area (Å²) >= 11 is 0. The van der Waals surface area contributed by atoms with Crippen LogP contribution in [-0.2, 0) is 6.54 Å². The molecule has 23 heavy (non-hydrogen) atoms. The molecule has 0 aromatic heterocycles. The number of nitrogens with one attached hydrogen (secondary N) is 1. The van der Waals surface area contributed by atoms with Crippen LogP contribution in [0.15, 0.2) is 42.5 Å². The van der Waals surface area contributed by atoms with Crippen molar-refractivity contribution < 1.29 is 9.47 Å². The van der Waals surface area contributed by atoms with Crippen LogP contribution < -0.4 is 14.8 Å². The van der Waals surface area contributed by atoms with E-state index in [0.717, 1.165) is 29.3 Å². The maximum Gasteiger partial charge on any atom is 0.161 e. The molecule has 0 bridgehead atoms. The Morgan fingerprint density at radius 3 is 2.17 bits per heavy atom. The van der Waals surface area contributed by atoms with E-state index in [0.29, 0.717) is 5.92 Å². The van der Waals surface area contributed by atoms with E-state index in [9.17, 15) is 0 Å². The summed E-state index contributed by atoms with van der Waals surface area (Å²) in [6.45, 7) is 9.18. The van der Waals surface area contributed by atoms with E-state index in [1.54, 1.807) is 7.11 Å². The van der Waals surface area contributed by atoms with Gasteiger partial charge in [-0.25, -0.2) is 0 Å². The molecule has 0 aliphatic heterocycles. The Morgan fingerprint density at radius 1 is 0.913 bits per heavy atom. The van der Waals surface area contributed by atoms with Crippen LogP contribution in [0.25, 0.3) is 0 Å². The second-order valence-electron chi connectivity index (χ2n) is 6.28. The van der Waals surface area contributed by atoms with Crippen molar-refractivity contribution in [2.75, 3.05) is 12.4 Å². The van der Waals surface area contributed by atoms with Crippen LogP contribution in [0.2, 0.25) is 0 Å². The van der Waals surface area contributed by atoms with Gasteiger partial charge in [0.25, 0.3) is 0 Å². The van der Waals surface area contributed by atoms with Crippen molar-refractivity contribution in [2.24, 2.45) is 0 Å². The molecule has 0 unspecified atom stereocenters. The first-order valence-electron chi connectivity index (χ1n) is 8.17. The third-order valence-corrected chi connectivity index (χ3v) is 3.66. The van der Waals surface area contributed by atoms with Crippen LogP contribution in [0.1, 0.15) is 44.7 Å². The van der Waals surface area contributed by atoms with Gasteiger partial charge in [-0.05, 0) is 55.2 Å². The first-order chi connectivity index (χ1) is 11.0. The molecule has 0 saturated carbocycles. The number of anilines is 1. The Morgan fingerprint density at radius 2 is 1.61 bits per heavy atom. The first-order valence-corrected chi connectivity index (χ1v) is 8.17. The van der Waals surface area contributed by atoms with Gasteiger partial charge < -0.3 is 14.8 Å². The highest BCUT2D eigenvalue weighted by atomic mass is 16.5. The smallest absolute Gasteiger partial charge is 0.161 e. The molecular formula is C20H27NO2. The summed E-state index contributed by atoms with van der Waals surface area (Å²) in [5.41, 5.74) is 3.63. The maximum absolute atomic E-state index is 5.74. The number of ether oxygens (including phenoxy) is 2. The normalized spacial score (nSPS) is 10.9. The summed E-state index contributed by atoms with van der Waals surface area (Å²) in [6.07, 6.45) is 0.132. The predicted molar refractivity (Wildman–Crippen MR) is 96.6 cm³/mol. The number of benzene rings is 2. The van der Waals surface area contributed by atoms with Crippen molar-refractivity contribution in [1.29, 1.82) is 0 Å². The molecule has 0 aliphatic rings. The number of rotatable bonds is 7.